The fourth-order valence-electron chi connectivity index (χ4n) is 2.68. The third-order valence-electron chi connectivity index (χ3n) is 3.67. The van der Waals surface area contributed by atoms with E-state index in [2.05, 4.69) is 25.2 Å². The quantitative estimate of drug-likeness (QED) is 0.854. The summed E-state index contributed by atoms with van der Waals surface area (Å²) >= 11 is 0. The number of benzene rings is 2. The molecule has 1 atom stereocenters. The van der Waals surface area contributed by atoms with Crippen LogP contribution in [-0.2, 0) is 0 Å². The van der Waals surface area contributed by atoms with E-state index >= 15 is 0 Å². The van der Waals surface area contributed by atoms with E-state index in [1.54, 1.807) is 12.1 Å². The van der Waals surface area contributed by atoms with Crippen molar-refractivity contribution in [2.75, 3.05) is 5.32 Å². The molecule has 0 aliphatic carbocycles. The molecule has 0 saturated heterocycles. The first-order valence-electron chi connectivity index (χ1n) is 6.88. The minimum Gasteiger partial charge on any atom is -0.359 e. The highest BCUT2D eigenvalue weighted by atomic mass is 19.1. The SMILES string of the molecule is CCC1=NC(c2ccccc2F)Nc2cccc(C)c21. The first-order valence-corrected chi connectivity index (χ1v) is 6.88. The third kappa shape index (κ3) is 2.09. The molecule has 0 radical (unpaired) electrons. The molecular formula is C17H17FN2. The first-order chi connectivity index (χ1) is 9.70. The molecule has 0 aromatic heterocycles. The predicted octanol–water partition coefficient (Wildman–Crippen LogP) is 4.46. The highest BCUT2D eigenvalue weighted by Gasteiger charge is 2.23. The van der Waals surface area contributed by atoms with Crippen LogP contribution in [-0.4, -0.2) is 5.71 Å². The molecule has 0 amide bonds. The lowest BCUT2D eigenvalue weighted by Gasteiger charge is -2.27. The van der Waals surface area contributed by atoms with Crippen LogP contribution in [0.25, 0.3) is 0 Å². The van der Waals surface area contributed by atoms with Gasteiger partial charge in [0.2, 0.25) is 0 Å². The van der Waals surface area contributed by atoms with Crippen LogP contribution >= 0.6 is 0 Å². The van der Waals surface area contributed by atoms with Gasteiger partial charge < -0.3 is 5.32 Å². The Morgan fingerprint density at radius 1 is 1.15 bits per heavy atom. The molecule has 3 rings (SSSR count). The zero-order valence-electron chi connectivity index (χ0n) is 11.7. The molecule has 1 aliphatic heterocycles. The average molecular weight is 268 g/mol. The van der Waals surface area contributed by atoms with Gasteiger partial charge in [0.15, 0.2) is 0 Å². The molecule has 3 heteroatoms. The molecule has 2 aromatic carbocycles. The number of fused-ring (bicyclic) bond motifs is 1. The Labute approximate surface area is 118 Å². The van der Waals surface area contributed by atoms with E-state index in [0.29, 0.717) is 5.56 Å². The van der Waals surface area contributed by atoms with Gasteiger partial charge in [0.1, 0.15) is 12.0 Å². The molecule has 1 heterocycles. The minimum absolute atomic E-state index is 0.222. The lowest BCUT2D eigenvalue weighted by atomic mass is 9.97. The van der Waals surface area contributed by atoms with Crippen LogP contribution < -0.4 is 5.32 Å². The summed E-state index contributed by atoms with van der Waals surface area (Å²) < 4.78 is 14.0. The zero-order chi connectivity index (χ0) is 14.1. The standard InChI is InChI=1S/C17H17FN2/c1-3-14-16-11(2)7-6-10-15(16)20-17(19-14)12-8-4-5-9-13(12)18/h4-10,17,20H,3H2,1-2H3. The Balaban J connectivity index is 2.10. The van der Waals surface area contributed by atoms with Gasteiger partial charge in [-0.3, -0.25) is 4.99 Å². The van der Waals surface area contributed by atoms with Crippen LogP contribution in [0.4, 0.5) is 10.1 Å². The summed E-state index contributed by atoms with van der Waals surface area (Å²) in [5.74, 6) is -0.222. The van der Waals surface area contributed by atoms with E-state index in [-0.39, 0.29) is 12.0 Å². The number of hydrogen-bond acceptors (Lipinski definition) is 2. The summed E-state index contributed by atoms with van der Waals surface area (Å²) in [6.07, 6.45) is 0.491. The number of hydrogen-bond donors (Lipinski definition) is 1. The van der Waals surface area contributed by atoms with Crippen LogP contribution in [0.15, 0.2) is 47.5 Å². The van der Waals surface area contributed by atoms with Crippen LogP contribution in [0.5, 0.6) is 0 Å². The molecule has 0 bridgehead atoms. The molecule has 102 valence electrons. The summed E-state index contributed by atoms with van der Waals surface area (Å²) in [4.78, 5) is 4.70. The van der Waals surface area contributed by atoms with Gasteiger partial charge in [0.05, 0.1) is 0 Å². The molecule has 2 nitrogen and oxygen atoms in total. The van der Waals surface area contributed by atoms with Crippen molar-refractivity contribution in [3.8, 4) is 0 Å². The van der Waals surface area contributed by atoms with E-state index < -0.39 is 0 Å². The average Bonchev–Trinajstić information content (AvgIpc) is 2.47. The number of nitrogens with zero attached hydrogens (tertiary/aromatic N) is 1. The van der Waals surface area contributed by atoms with Crippen molar-refractivity contribution >= 4 is 11.4 Å². The largest absolute Gasteiger partial charge is 0.359 e. The molecule has 1 aliphatic rings. The predicted molar refractivity (Wildman–Crippen MR) is 80.8 cm³/mol. The van der Waals surface area contributed by atoms with Crippen LogP contribution in [0.2, 0.25) is 0 Å². The van der Waals surface area contributed by atoms with Crippen LogP contribution in [0, 0.1) is 12.7 Å². The van der Waals surface area contributed by atoms with Gasteiger partial charge in [-0.05, 0) is 31.0 Å². The highest BCUT2D eigenvalue weighted by Crippen LogP contribution is 2.33. The molecule has 1 N–H and O–H groups in total. The number of aryl methyl sites for hydroxylation is 1. The number of aliphatic imine (C=N–C) groups is 1. The maximum absolute atomic E-state index is 14.0. The smallest absolute Gasteiger partial charge is 0.147 e. The summed E-state index contributed by atoms with van der Waals surface area (Å²) in [6.45, 7) is 4.16. The van der Waals surface area contributed by atoms with Crippen molar-refractivity contribution in [1.29, 1.82) is 0 Å². The molecule has 20 heavy (non-hydrogen) atoms. The molecule has 0 saturated carbocycles. The van der Waals surface area contributed by atoms with Crippen molar-refractivity contribution in [1.82, 2.24) is 0 Å². The van der Waals surface area contributed by atoms with E-state index in [1.807, 2.05) is 18.2 Å². The fraction of sp³-hybridized carbons (Fsp3) is 0.235. The van der Waals surface area contributed by atoms with Crippen LogP contribution in [0.1, 0.15) is 36.2 Å². The van der Waals surface area contributed by atoms with Gasteiger partial charge in [-0.25, -0.2) is 4.39 Å². The fourth-order valence-corrected chi connectivity index (χ4v) is 2.68. The Morgan fingerprint density at radius 3 is 2.70 bits per heavy atom. The monoisotopic (exact) mass is 268 g/mol. The van der Waals surface area contributed by atoms with Gasteiger partial charge in [-0.2, -0.15) is 0 Å². The highest BCUT2D eigenvalue weighted by molar-refractivity contribution is 6.07. The topological polar surface area (TPSA) is 24.4 Å². The first kappa shape index (κ1) is 12.9. The van der Waals surface area contributed by atoms with Gasteiger partial charge in [0, 0.05) is 22.5 Å². The van der Waals surface area contributed by atoms with E-state index in [9.17, 15) is 4.39 Å². The Bertz CT molecular complexity index is 676. The summed E-state index contributed by atoms with van der Waals surface area (Å²) in [5, 5.41) is 3.33. The second-order valence-electron chi connectivity index (χ2n) is 5.00. The Morgan fingerprint density at radius 2 is 1.95 bits per heavy atom. The minimum atomic E-state index is -0.347. The molecular weight excluding hydrogens is 251 g/mol. The normalized spacial score (nSPS) is 17.1. The second kappa shape index (κ2) is 5.08. The maximum Gasteiger partial charge on any atom is 0.147 e. The molecule has 0 spiro atoms. The van der Waals surface area contributed by atoms with Crippen molar-refractivity contribution in [3.63, 3.8) is 0 Å². The molecule has 0 fully saturated rings. The number of rotatable bonds is 2. The number of halogens is 1. The van der Waals surface area contributed by atoms with Crippen molar-refractivity contribution < 1.29 is 4.39 Å². The van der Waals surface area contributed by atoms with E-state index in [0.717, 1.165) is 23.4 Å². The lowest BCUT2D eigenvalue weighted by molar-refractivity contribution is 0.596. The zero-order valence-corrected chi connectivity index (χ0v) is 11.7. The molecule has 2 aromatic rings. The summed E-state index contributed by atoms with van der Waals surface area (Å²) in [7, 11) is 0. The van der Waals surface area contributed by atoms with Crippen molar-refractivity contribution in [2.45, 2.75) is 26.4 Å². The third-order valence-corrected chi connectivity index (χ3v) is 3.67. The van der Waals surface area contributed by atoms with Gasteiger partial charge in [-0.1, -0.05) is 37.3 Å². The lowest BCUT2D eigenvalue weighted by Crippen LogP contribution is -2.21. The van der Waals surface area contributed by atoms with Crippen LogP contribution in [0.3, 0.4) is 0 Å². The van der Waals surface area contributed by atoms with Crippen molar-refractivity contribution in [3.05, 3.63) is 65.0 Å². The van der Waals surface area contributed by atoms with Gasteiger partial charge in [0.25, 0.3) is 0 Å². The van der Waals surface area contributed by atoms with Gasteiger partial charge in [-0.15, -0.1) is 0 Å². The van der Waals surface area contributed by atoms with E-state index in [1.165, 1.54) is 11.6 Å². The summed E-state index contributed by atoms with van der Waals surface area (Å²) in [5.41, 5.74) is 5.01. The Kier molecular flexibility index (Phi) is 3.26. The van der Waals surface area contributed by atoms with Crippen molar-refractivity contribution in [2.24, 2.45) is 4.99 Å². The summed E-state index contributed by atoms with van der Waals surface area (Å²) in [6, 6.07) is 12.9. The van der Waals surface area contributed by atoms with Gasteiger partial charge >= 0.3 is 0 Å². The maximum atomic E-state index is 14.0. The van der Waals surface area contributed by atoms with E-state index in [4.69, 9.17) is 4.99 Å². The number of nitrogens with one attached hydrogen (secondary N) is 1. The Hall–Kier alpha value is -2.16. The molecule has 1 unspecified atom stereocenters. The number of anilines is 1. The second-order valence-corrected chi connectivity index (χ2v) is 5.00.